The Bertz CT molecular complexity index is 173. The largest absolute Gasteiger partial charge is 0.319 e. The van der Waals surface area contributed by atoms with Crippen LogP contribution in [0.2, 0.25) is 0 Å². The van der Waals surface area contributed by atoms with Gasteiger partial charge < -0.3 is 5.32 Å². The van der Waals surface area contributed by atoms with E-state index >= 15 is 0 Å². The zero-order valence-corrected chi connectivity index (χ0v) is 6.04. The third-order valence-electron chi connectivity index (χ3n) is 1.22. The van der Waals surface area contributed by atoms with Crippen molar-refractivity contribution in [2.24, 2.45) is 0 Å². The molecule has 0 radical (unpaired) electrons. The molecule has 54 valence electrons. The number of nitrogens with one attached hydrogen (secondary N) is 1. The molecule has 0 atom stereocenters. The van der Waals surface area contributed by atoms with E-state index in [0.717, 1.165) is 18.8 Å². The van der Waals surface area contributed by atoms with Crippen LogP contribution in [0.25, 0.3) is 0 Å². The molecule has 0 aliphatic rings. The molecular weight excluding hydrogens is 126 g/mol. The molecule has 1 rings (SSSR count). The number of likely N-dealkylation sites (N-methyl/N-ethyl adjacent to an activating group) is 1. The number of rotatable bonds is 3. The summed E-state index contributed by atoms with van der Waals surface area (Å²) in [6.07, 6.45) is 4.42. The molecule has 0 spiro atoms. The molecule has 1 N–H and O–H groups in total. The minimum absolute atomic E-state index is 0.900. The Morgan fingerprint density at radius 3 is 2.70 bits per heavy atom. The second-order valence-corrected chi connectivity index (χ2v) is 2.02. The van der Waals surface area contributed by atoms with Crippen molar-refractivity contribution < 1.29 is 0 Å². The van der Waals surface area contributed by atoms with Gasteiger partial charge in [-0.25, -0.2) is 9.97 Å². The molecule has 3 heteroatoms. The maximum Gasteiger partial charge on any atom is 0.129 e. The van der Waals surface area contributed by atoms with Gasteiger partial charge in [0, 0.05) is 25.4 Å². The van der Waals surface area contributed by atoms with Crippen molar-refractivity contribution in [1.29, 1.82) is 0 Å². The fraction of sp³-hybridized carbons (Fsp3) is 0.429. The molecule has 1 aromatic heterocycles. The van der Waals surface area contributed by atoms with Gasteiger partial charge in [-0.05, 0) is 13.1 Å². The van der Waals surface area contributed by atoms with Crippen LogP contribution in [-0.4, -0.2) is 23.6 Å². The lowest BCUT2D eigenvalue weighted by Gasteiger charge is -1.95. The van der Waals surface area contributed by atoms with Crippen molar-refractivity contribution in [3.05, 3.63) is 24.3 Å². The van der Waals surface area contributed by atoms with Gasteiger partial charge in [0.25, 0.3) is 0 Å². The summed E-state index contributed by atoms with van der Waals surface area (Å²) in [7, 11) is 1.92. The first kappa shape index (κ1) is 7.15. The van der Waals surface area contributed by atoms with Crippen LogP contribution >= 0.6 is 0 Å². The Morgan fingerprint density at radius 1 is 1.40 bits per heavy atom. The van der Waals surface area contributed by atoms with Crippen molar-refractivity contribution in [2.45, 2.75) is 6.42 Å². The van der Waals surface area contributed by atoms with E-state index in [9.17, 15) is 0 Å². The Labute approximate surface area is 60.5 Å². The molecule has 0 saturated carbocycles. The monoisotopic (exact) mass is 137 g/mol. The van der Waals surface area contributed by atoms with Gasteiger partial charge in [0.05, 0.1) is 0 Å². The third-order valence-corrected chi connectivity index (χ3v) is 1.22. The fourth-order valence-electron chi connectivity index (χ4n) is 0.696. The summed E-state index contributed by atoms with van der Waals surface area (Å²) in [6.45, 7) is 0.935. The summed E-state index contributed by atoms with van der Waals surface area (Å²) in [6, 6.07) is 1.82. The molecule has 0 aliphatic carbocycles. The predicted octanol–water partition coefficient (Wildman–Crippen LogP) is 0.238. The summed E-state index contributed by atoms with van der Waals surface area (Å²) in [5, 5.41) is 3.04. The molecule has 0 unspecified atom stereocenters. The Kier molecular flexibility index (Phi) is 2.83. The summed E-state index contributed by atoms with van der Waals surface area (Å²) < 4.78 is 0. The molecule has 0 fully saturated rings. The first-order chi connectivity index (χ1) is 4.93. The Morgan fingerprint density at radius 2 is 2.10 bits per heavy atom. The van der Waals surface area contributed by atoms with E-state index in [0.29, 0.717) is 0 Å². The molecule has 0 saturated heterocycles. The first-order valence-corrected chi connectivity index (χ1v) is 3.34. The van der Waals surface area contributed by atoms with Crippen molar-refractivity contribution in [3.63, 3.8) is 0 Å². The predicted molar refractivity (Wildman–Crippen MR) is 39.7 cm³/mol. The maximum atomic E-state index is 4.07. The van der Waals surface area contributed by atoms with Gasteiger partial charge in [-0.3, -0.25) is 0 Å². The average Bonchev–Trinajstić information content (AvgIpc) is 2.03. The van der Waals surface area contributed by atoms with Crippen molar-refractivity contribution >= 4 is 0 Å². The van der Waals surface area contributed by atoms with Gasteiger partial charge in [-0.2, -0.15) is 0 Å². The zero-order chi connectivity index (χ0) is 7.23. The average molecular weight is 137 g/mol. The molecular formula is C7H11N3. The second-order valence-electron chi connectivity index (χ2n) is 2.02. The number of aromatic nitrogens is 2. The SMILES string of the molecule is CNCCc1ncccn1. The lowest BCUT2D eigenvalue weighted by atomic mass is 10.4. The Hall–Kier alpha value is -0.960. The summed E-state index contributed by atoms with van der Waals surface area (Å²) >= 11 is 0. The number of hydrogen-bond acceptors (Lipinski definition) is 3. The summed E-state index contributed by atoms with van der Waals surface area (Å²) in [4.78, 5) is 8.13. The van der Waals surface area contributed by atoms with E-state index in [4.69, 9.17) is 0 Å². The van der Waals surface area contributed by atoms with E-state index < -0.39 is 0 Å². The van der Waals surface area contributed by atoms with Gasteiger partial charge in [0.15, 0.2) is 0 Å². The third kappa shape index (κ3) is 2.11. The van der Waals surface area contributed by atoms with Gasteiger partial charge >= 0.3 is 0 Å². The topological polar surface area (TPSA) is 37.8 Å². The smallest absolute Gasteiger partial charge is 0.129 e. The summed E-state index contributed by atoms with van der Waals surface area (Å²) in [5.41, 5.74) is 0. The molecule has 3 nitrogen and oxygen atoms in total. The minimum Gasteiger partial charge on any atom is -0.319 e. The highest BCUT2D eigenvalue weighted by Gasteiger charge is 1.90. The van der Waals surface area contributed by atoms with Crippen molar-refractivity contribution in [3.8, 4) is 0 Å². The van der Waals surface area contributed by atoms with Crippen LogP contribution in [0, 0.1) is 0 Å². The van der Waals surface area contributed by atoms with E-state index in [2.05, 4.69) is 15.3 Å². The van der Waals surface area contributed by atoms with Crippen LogP contribution in [0.4, 0.5) is 0 Å². The quantitative estimate of drug-likeness (QED) is 0.648. The molecule has 10 heavy (non-hydrogen) atoms. The van der Waals surface area contributed by atoms with Crippen LogP contribution in [-0.2, 0) is 6.42 Å². The van der Waals surface area contributed by atoms with Crippen molar-refractivity contribution in [1.82, 2.24) is 15.3 Å². The van der Waals surface area contributed by atoms with Gasteiger partial charge in [0.2, 0.25) is 0 Å². The molecule has 1 heterocycles. The standard InChI is InChI=1S/C7H11N3/c1-8-6-3-7-9-4-2-5-10-7/h2,4-5,8H,3,6H2,1H3. The molecule has 0 amide bonds. The Balaban J connectivity index is 2.43. The minimum atomic E-state index is 0.900. The molecule has 0 bridgehead atoms. The number of nitrogens with zero attached hydrogens (tertiary/aromatic N) is 2. The molecule has 0 aromatic carbocycles. The van der Waals surface area contributed by atoms with Crippen LogP contribution in [0.5, 0.6) is 0 Å². The lowest BCUT2D eigenvalue weighted by molar-refractivity contribution is 0.755. The summed E-state index contributed by atoms with van der Waals surface area (Å²) in [5.74, 6) is 0.900. The van der Waals surface area contributed by atoms with Crippen LogP contribution in [0.1, 0.15) is 5.82 Å². The van der Waals surface area contributed by atoms with Crippen molar-refractivity contribution in [2.75, 3.05) is 13.6 Å². The van der Waals surface area contributed by atoms with Crippen LogP contribution in [0.3, 0.4) is 0 Å². The van der Waals surface area contributed by atoms with E-state index in [1.165, 1.54) is 0 Å². The van der Waals surface area contributed by atoms with E-state index in [1.807, 2.05) is 13.1 Å². The zero-order valence-electron chi connectivity index (χ0n) is 6.04. The highest BCUT2D eigenvalue weighted by atomic mass is 14.9. The maximum absolute atomic E-state index is 4.07. The number of hydrogen-bond donors (Lipinski definition) is 1. The van der Waals surface area contributed by atoms with Crippen LogP contribution in [0.15, 0.2) is 18.5 Å². The van der Waals surface area contributed by atoms with Crippen LogP contribution < -0.4 is 5.32 Å². The first-order valence-electron chi connectivity index (χ1n) is 3.34. The van der Waals surface area contributed by atoms with Gasteiger partial charge in [-0.1, -0.05) is 0 Å². The lowest BCUT2D eigenvalue weighted by Crippen LogP contribution is -2.11. The highest BCUT2D eigenvalue weighted by molar-refractivity contribution is 4.88. The second kappa shape index (κ2) is 3.95. The van der Waals surface area contributed by atoms with Gasteiger partial charge in [-0.15, -0.1) is 0 Å². The highest BCUT2D eigenvalue weighted by Crippen LogP contribution is 1.86. The van der Waals surface area contributed by atoms with Gasteiger partial charge in [0.1, 0.15) is 5.82 Å². The fourth-order valence-corrected chi connectivity index (χ4v) is 0.696. The normalized spacial score (nSPS) is 9.70. The molecule has 1 aromatic rings. The van der Waals surface area contributed by atoms with E-state index in [-0.39, 0.29) is 0 Å². The molecule has 0 aliphatic heterocycles. The van der Waals surface area contributed by atoms with E-state index in [1.54, 1.807) is 12.4 Å².